The Morgan fingerprint density at radius 1 is 1.09 bits per heavy atom. The van der Waals surface area contributed by atoms with Crippen molar-refractivity contribution in [1.29, 1.82) is 0 Å². The number of anilines is 1. The second-order valence-electron chi connectivity index (χ2n) is 8.85. The van der Waals surface area contributed by atoms with Crippen molar-refractivity contribution < 1.29 is 22.4 Å². The second kappa shape index (κ2) is 11.9. The average Bonchev–Trinajstić information content (AvgIpc) is 2.82. The average molecular weight is 524 g/mol. The van der Waals surface area contributed by atoms with Gasteiger partial charge < -0.3 is 10.2 Å². The molecule has 0 heterocycles. The molecular formula is C25H31ClFN3O4S. The molecule has 2 aromatic rings. The first-order chi connectivity index (χ1) is 16.6. The van der Waals surface area contributed by atoms with E-state index in [0.29, 0.717) is 10.6 Å². The molecule has 0 aliphatic heterocycles. The molecule has 0 saturated heterocycles. The van der Waals surface area contributed by atoms with Gasteiger partial charge in [0.1, 0.15) is 18.4 Å². The van der Waals surface area contributed by atoms with Crippen molar-refractivity contribution in [2.75, 3.05) is 17.1 Å². The number of para-hydroxylation sites is 1. The third kappa shape index (κ3) is 7.18. The molecule has 2 amide bonds. The summed E-state index contributed by atoms with van der Waals surface area (Å²) >= 11 is 6.31. The summed E-state index contributed by atoms with van der Waals surface area (Å²) in [4.78, 5) is 27.9. The maximum Gasteiger partial charge on any atom is 0.244 e. The number of halogens is 2. The Morgan fingerprint density at radius 3 is 2.34 bits per heavy atom. The summed E-state index contributed by atoms with van der Waals surface area (Å²) in [5, 5.41) is 3.44. The highest BCUT2D eigenvalue weighted by Crippen LogP contribution is 2.24. The molecule has 0 aromatic heterocycles. The first kappa shape index (κ1) is 26.9. The summed E-state index contributed by atoms with van der Waals surface area (Å²) in [5.41, 5.74) is 0.372. The van der Waals surface area contributed by atoms with Crippen LogP contribution in [-0.4, -0.2) is 50.0 Å². The van der Waals surface area contributed by atoms with Crippen LogP contribution < -0.4 is 9.62 Å². The highest BCUT2D eigenvalue weighted by Gasteiger charge is 2.32. The van der Waals surface area contributed by atoms with E-state index in [-0.39, 0.29) is 24.2 Å². The first-order valence-electron chi connectivity index (χ1n) is 11.6. The second-order valence-corrected chi connectivity index (χ2v) is 11.2. The number of hydrogen-bond acceptors (Lipinski definition) is 4. The monoisotopic (exact) mass is 523 g/mol. The fourth-order valence-corrected chi connectivity index (χ4v) is 5.26. The molecule has 0 radical (unpaired) electrons. The molecular weight excluding hydrogens is 493 g/mol. The molecule has 3 rings (SSSR count). The van der Waals surface area contributed by atoms with Crippen molar-refractivity contribution in [3.8, 4) is 0 Å². The van der Waals surface area contributed by atoms with Crippen LogP contribution in [0, 0.1) is 5.82 Å². The number of sulfonamides is 1. The van der Waals surface area contributed by atoms with Crippen LogP contribution >= 0.6 is 11.6 Å². The molecule has 190 valence electrons. The third-order valence-corrected chi connectivity index (χ3v) is 7.71. The van der Waals surface area contributed by atoms with E-state index in [2.05, 4.69) is 5.32 Å². The molecule has 1 saturated carbocycles. The molecule has 0 bridgehead atoms. The van der Waals surface area contributed by atoms with Gasteiger partial charge in [0.05, 0.1) is 11.9 Å². The molecule has 10 heteroatoms. The van der Waals surface area contributed by atoms with Gasteiger partial charge in [0.25, 0.3) is 0 Å². The van der Waals surface area contributed by atoms with Crippen molar-refractivity contribution in [3.05, 3.63) is 64.9 Å². The minimum atomic E-state index is -4.00. The van der Waals surface area contributed by atoms with Gasteiger partial charge in [-0.3, -0.25) is 13.9 Å². The highest BCUT2D eigenvalue weighted by molar-refractivity contribution is 7.92. The van der Waals surface area contributed by atoms with E-state index in [4.69, 9.17) is 11.6 Å². The van der Waals surface area contributed by atoms with Crippen molar-refractivity contribution in [2.45, 2.75) is 57.7 Å². The first-order valence-corrected chi connectivity index (χ1v) is 13.9. The van der Waals surface area contributed by atoms with Crippen LogP contribution in [0.2, 0.25) is 5.02 Å². The van der Waals surface area contributed by atoms with Crippen molar-refractivity contribution >= 4 is 39.1 Å². The molecule has 1 atom stereocenters. The van der Waals surface area contributed by atoms with E-state index >= 15 is 0 Å². The van der Waals surface area contributed by atoms with Crippen LogP contribution in [0.15, 0.2) is 48.5 Å². The zero-order valence-electron chi connectivity index (χ0n) is 19.9. The summed E-state index contributed by atoms with van der Waals surface area (Å²) in [6.07, 6.45) is 5.87. The lowest BCUT2D eigenvalue weighted by Gasteiger charge is -2.33. The molecule has 1 unspecified atom stereocenters. The molecule has 2 aromatic carbocycles. The SMILES string of the molecule is CC(C(=O)NC1CCCCC1)N(Cc1ccccc1Cl)C(=O)CN(c1ccccc1F)S(C)(=O)=O. The number of carbonyl (C=O) groups excluding carboxylic acids is 2. The van der Waals surface area contributed by atoms with E-state index in [9.17, 15) is 22.4 Å². The fourth-order valence-electron chi connectivity index (χ4n) is 4.21. The lowest BCUT2D eigenvalue weighted by molar-refractivity contribution is -0.139. The minimum Gasteiger partial charge on any atom is -0.352 e. The Bertz CT molecular complexity index is 1150. The van der Waals surface area contributed by atoms with Crippen LogP contribution in [0.4, 0.5) is 10.1 Å². The quantitative estimate of drug-likeness (QED) is 0.536. The summed E-state index contributed by atoms with van der Waals surface area (Å²) in [7, 11) is -4.00. The topological polar surface area (TPSA) is 86.8 Å². The third-order valence-electron chi connectivity index (χ3n) is 6.22. The van der Waals surface area contributed by atoms with Gasteiger partial charge in [0.15, 0.2) is 0 Å². The van der Waals surface area contributed by atoms with Gasteiger partial charge in [-0.25, -0.2) is 12.8 Å². The largest absolute Gasteiger partial charge is 0.352 e. The van der Waals surface area contributed by atoms with Crippen molar-refractivity contribution in [1.82, 2.24) is 10.2 Å². The minimum absolute atomic E-state index is 0.00731. The van der Waals surface area contributed by atoms with Crippen LogP contribution in [0.5, 0.6) is 0 Å². The van der Waals surface area contributed by atoms with Gasteiger partial charge in [0, 0.05) is 17.6 Å². The Kier molecular flexibility index (Phi) is 9.13. The lowest BCUT2D eigenvalue weighted by Crippen LogP contribution is -2.53. The predicted molar refractivity (Wildman–Crippen MR) is 135 cm³/mol. The molecule has 1 N–H and O–H groups in total. The number of nitrogens with zero attached hydrogens (tertiary/aromatic N) is 2. The van der Waals surface area contributed by atoms with Gasteiger partial charge in [-0.1, -0.05) is 61.2 Å². The number of rotatable bonds is 9. The molecule has 7 nitrogen and oxygen atoms in total. The Morgan fingerprint density at radius 2 is 1.71 bits per heavy atom. The zero-order chi connectivity index (χ0) is 25.6. The van der Waals surface area contributed by atoms with Gasteiger partial charge in [-0.15, -0.1) is 0 Å². The number of nitrogens with one attached hydrogen (secondary N) is 1. The molecule has 0 spiro atoms. The number of benzene rings is 2. The van der Waals surface area contributed by atoms with Crippen molar-refractivity contribution in [3.63, 3.8) is 0 Å². The standard InChI is InChI=1S/C25H31ClFN3O4S/c1-18(25(32)28-20-11-4-3-5-12-20)29(16-19-10-6-7-13-21(19)26)24(31)17-30(35(2,33)34)23-15-9-8-14-22(23)27/h6-10,13-15,18,20H,3-5,11-12,16-17H2,1-2H3,(H,28,32). The Labute approximate surface area is 211 Å². The van der Waals surface area contributed by atoms with Crippen LogP contribution in [0.3, 0.4) is 0 Å². The van der Waals surface area contributed by atoms with Gasteiger partial charge in [0.2, 0.25) is 21.8 Å². The highest BCUT2D eigenvalue weighted by atomic mass is 35.5. The van der Waals surface area contributed by atoms with Crippen LogP contribution in [0.1, 0.15) is 44.6 Å². The number of carbonyl (C=O) groups is 2. The van der Waals surface area contributed by atoms with E-state index in [1.807, 2.05) is 0 Å². The Balaban J connectivity index is 1.89. The lowest BCUT2D eigenvalue weighted by atomic mass is 9.95. The molecule has 35 heavy (non-hydrogen) atoms. The maximum atomic E-state index is 14.5. The summed E-state index contributed by atoms with van der Waals surface area (Å²) < 4.78 is 40.2. The summed E-state index contributed by atoms with van der Waals surface area (Å²) in [5.74, 6) is -1.74. The van der Waals surface area contributed by atoms with E-state index in [1.54, 1.807) is 31.2 Å². The van der Waals surface area contributed by atoms with Crippen LogP contribution in [-0.2, 0) is 26.2 Å². The van der Waals surface area contributed by atoms with E-state index in [0.717, 1.165) is 48.7 Å². The number of hydrogen-bond donors (Lipinski definition) is 1. The van der Waals surface area contributed by atoms with Crippen molar-refractivity contribution in [2.24, 2.45) is 0 Å². The molecule has 1 aliphatic carbocycles. The van der Waals surface area contributed by atoms with E-state index < -0.39 is 34.3 Å². The molecule has 1 fully saturated rings. The molecule has 1 aliphatic rings. The smallest absolute Gasteiger partial charge is 0.244 e. The van der Waals surface area contributed by atoms with E-state index in [1.165, 1.54) is 23.1 Å². The normalized spacial score (nSPS) is 15.3. The summed E-state index contributed by atoms with van der Waals surface area (Å²) in [6.45, 7) is 0.929. The summed E-state index contributed by atoms with van der Waals surface area (Å²) in [6, 6.07) is 11.4. The Hall–Kier alpha value is -2.65. The zero-order valence-corrected chi connectivity index (χ0v) is 21.5. The maximum absolute atomic E-state index is 14.5. The number of amides is 2. The predicted octanol–water partition coefficient (Wildman–Crippen LogP) is 4.11. The fraction of sp³-hybridized carbons (Fsp3) is 0.440. The van der Waals surface area contributed by atoms with Crippen LogP contribution in [0.25, 0.3) is 0 Å². The van der Waals surface area contributed by atoms with Gasteiger partial charge in [-0.2, -0.15) is 0 Å². The van der Waals surface area contributed by atoms with Gasteiger partial charge >= 0.3 is 0 Å². The van der Waals surface area contributed by atoms with Gasteiger partial charge in [-0.05, 0) is 43.5 Å².